The van der Waals surface area contributed by atoms with Crippen molar-refractivity contribution in [2.75, 3.05) is 0 Å². The minimum absolute atomic E-state index is 0.0453. The van der Waals surface area contributed by atoms with Gasteiger partial charge in [-0.15, -0.1) is 0 Å². The summed E-state index contributed by atoms with van der Waals surface area (Å²) in [6.45, 7) is 0. The highest BCUT2D eigenvalue weighted by molar-refractivity contribution is 7.86. The molecule has 3 N–H and O–H groups in total. The Morgan fingerprint density at radius 2 is 1.81 bits per heavy atom. The molecule has 8 heteroatoms. The van der Waals surface area contributed by atoms with Crippen LogP contribution >= 0.6 is 0 Å². The third-order valence-corrected chi connectivity index (χ3v) is 2.90. The summed E-state index contributed by atoms with van der Waals surface area (Å²) in [5, 5.41) is -0.274. The van der Waals surface area contributed by atoms with E-state index in [4.69, 9.17) is 4.55 Å². The molecule has 0 saturated heterocycles. The average Bonchev–Trinajstić information content (AvgIpc) is 2.14. The van der Waals surface area contributed by atoms with Gasteiger partial charge < -0.3 is 4.98 Å². The van der Waals surface area contributed by atoms with E-state index < -0.39 is 26.3 Å². The van der Waals surface area contributed by atoms with Gasteiger partial charge in [-0.05, 0) is 12.1 Å². The number of nitrogens with one attached hydrogen (secondary N) is 2. The molecule has 1 aromatic heterocycles. The lowest BCUT2D eigenvalue weighted by atomic mass is 10.2. The fourth-order valence-corrected chi connectivity index (χ4v) is 2.11. The fourth-order valence-electron chi connectivity index (χ4n) is 1.40. The first-order valence-corrected chi connectivity index (χ1v) is 5.56. The molecule has 0 spiro atoms. The summed E-state index contributed by atoms with van der Waals surface area (Å²) in [4.78, 5) is 26.0. The quantitative estimate of drug-likeness (QED) is 0.580. The van der Waals surface area contributed by atoms with Crippen molar-refractivity contribution in [3.8, 4) is 0 Å². The van der Waals surface area contributed by atoms with E-state index in [1.807, 2.05) is 4.98 Å². The molecule has 84 valence electrons. The van der Waals surface area contributed by atoms with Crippen molar-refractivity contribution >= 4 is 21.0 Å². The van der Waals surface area contributed by atoms with E-state index in [0.717, 1.165) is 6.07 Å². The van der Waals surface area contributed by atoms with Crippen LogP contribution < -0.4 is 11.2 Å². The van der Waals surface area contributed by atoms with Gasteiger partial charge in [-0.25, -0.2) is 4.79 Å². The van der Waals surface area contributed by atoms with Crippen LogP contribution in [0.1, 0.15) is 0 Å². The van der Waals surface area contributed by atoms with Crippen LogP contribution in [0.4, 0.5) is 0 Å². The standard InChI is InChI=1S/C8H6N2O5S/c11-7-6-4(9-8(12)10-7)2-1-3-5(6)16(13,14)15/h1-3H,(H,13,14,15)(H2,9,10,11,12). The highest BCUT2D eigenvalue weighted by Crippen LogP contribution is 2.16. The topological polar surface area (TPSA) is 120 Å². The van der Waals surface area contributed by atoms with Crippen LogP contribution in [0.15, 0.2) is 32.7 Å². The summed E-state index contributed by atoms with van der Waals surface area (Å²) < 4.78 is 30.9. The van der Waals surface area contributed by atoms with Crippen LogP contribution in [0.5, 0.6) is 0 Å². The first kappa shape index (κ1) is 10.6. The first-order valence-electron chi connectivity index (χ1n) is 4.12. The minimum atomic E-state index is -4.51. The second kappa shape index (κ2) is 3.29. The van der Waals surface area contributed by atoms with Crippen molar-refractivity contribution in [3.05, 3.63) is 39.0 Å². The third-order valence-electron chi connectivity index (χ3n) is 2.01. The zero-order valence-electron chi connectivity index (χ0n) is 7.72. The molecule has 16 heavy (non-hydrogen) atoms. The molecule has 0 bridgehead atoms. The van der Waals surface area contributed by atoms with E-state index in [1.165, 1.54) is 12.1 Å². The fraction of sp³-hybridized carbons (Fsp3) is 0. The Morgan fingerprint density at radius 1 is 1.12 bits per heavy atom. The molecular formula is C8H6N2O5S. The van der Waals surface area contributed by atoms with Crippen LogP contribution in [-0.4, -0.2) is 22.9 Å². The Labute approximate surface area is 88.5 Å². The molecule has 1 aromatic carbocycles. The van der Waals surface area contributed by atoms with Crippen molar-refractivity contribution in [3.63, 3.8) is 0 Å². The van der Waals surface area contributed by atoms with Crippen LogP contribution in [-0.2, 0) is 10.1 Å². The largest absolute Gasteiger partial charge is 0.326 e. The average molecular weight is 242 g/mol. The molecule has 7 nitrogen and oxygen atoms in total. The van der Waals surface area contributed by atoms with Gasteiger partial charge in [0.2, 0.25) is 0 Å². The number of rotatable bonds is 1. The highest BCUT2D eigenvalue weighted by Gasteiger charge is 2.16. The predicted octanol–water partition coefficient (Wildman–Crippen LogP) is -0.537. The van der Waals surface area contributed by atoms with Crippen molar-refractivity contribution in [1.82, 2.24) is 9.97 Å². The van der Waals surface area contributed by atoms with Crippen molar-refractivity contribution in [2.45, 2.75) is 4.90 Å². The molecule has 0 aliphatic carbocycles. The smallest absolute Gasteiger partial charge is 0.307 e. The lowest BCUT2D eigenvalue weighted by Gasteiger charge is -2.01. The van der Waals surface area contributed by atoms with Gasteiger partial charge in [0.05, 0.1) is 10.9 Å². The molecule has 0 unspecified atom stereocenters. The van der Waals surface area contributed by atoms with Crippen molar-refractivity contribution in [1.29, 1.82) is 0 Å². The first-order chi connectivity index (χ1) is 7.39. The van der Waals surface area contributed by atoms with Crippen LogP contribution in [0.2, 0.25) is 0 Å². The van der Waals surface area contributed by atoms with E-state index in [-0.39, 0.29) is 10.9 Å². The van der Waals surface area contributed by atoms with Gasteiger partial charge in [0.25, 0.3) is 15.7 Å². The minimum Gasteiger partial charge on any atom is -0.307 e. The molecule has 1 heterocycles. The van der Waals surface area contributed by atoms with Crippen LogP contribution in [0.25, 0.3) is 10.9 Å². The zero-order chi connectivity index (χ0) is 11.9. The number of benzene rings is 1. The Kier molecular flexibility index (Phi) is 2.17. The molecule has 0 atom stereocenters. The number of fused-ring (bicyclic) bond motifs is 1. The molecule has 0 saturated carbocycles. The maximum absolute atomic E-state index is 11.4. The number of aromatic amines is 2. The van der Waals surface area contributed by atoms with Crippen LogP contribution in [0, 0.1) is 0 Å². The monoisotopic (exact) mass is 242 g/mol. The maximum Gasteiger partial charge on any atom is 0.326 e. The summed E-state index contributed by atoms with van der Waals surface area (Å²) in [6, 6.07) is 3.74. The summed E-state index contributed by atoms with van der Waals surface area (Å²) in [6.07, 6.45) is 0. The Morgan fingerprint density at radius 3 is 2.44 bits per heavy atom. The molecule has 0 aliphatic rings. The zero-order valence-corrected chi connectivity index (χ0v) is 8.54. The molecule has 0 fully saturated rings. The number of hydrogen-bond donors (Lipinski definition) is 3. The lowest BCUT2D eigenvalue weighted by Crippen LogP contribution is -2.23. The summed E-state index contributed by atoms with van der Waals surface area (Å²) >= 11 is 0. The van der Waals surface area contributed by atoms with Crippen molar-refractivity contribution < 1.29 is 13.0 Å². The van der Waals surface area contributed by atoms with E-state index in [9.17, 15) is 18.0 Å². The van der Waals surface area contributed by atoms with Gasteiger partial charge in [-0.3, -0.25) is 14.3 Å². The van der Waals surface area contributed by atoms with Gasteiger partial charge in [0.15, 0.2) is 0 Å². The highest BCUT2D eigenvalue weighted by atomic mass is 32.2. The summed E-state index contributed by atoms with van der Waals surface area (Å²) in [7, 11) is -4.51. The van der Waals surface area contributed by atoms with Gasteiger partial charge in [0, 0.05) is 0 Å². The lowest BCUT2D eigenvalue weighted by molar-refractivity contribution is 0.484. The Bertz CT molecular complexity index is 771. The van der Waals surface area contributed by atoms with Crippen molar-refractivity contribution in [2.24, 2.45) is 0 Å². The molecule has 0 aliphatic heterocycles. The van der Waals surface area contributed by atoms with E-state index >= 15 is 0 Å². The SMILES string of the molecule is O=c1[nH]c(=O)c2c(S(=O)(=O)O)cccc2[nH]1. The number of H-pyrrole nitrogens is 2. The molecule has 2 aromatic rings. The van der Waals surface area contributed by atoms with Gasteiger partial charge in [-0.1, -0.05) is 6.07 Å². The molecular weight excluding hydrogens is 236 g/mol. The summed E-state index contributed by atoms with van der Waals surface area (Å²) in [5.41, 5.74) is -1.57. The number of hydrogen-bond acceptors (Lipinski definition) is 4. The van der Waals surface area contributed by atoms with E-state index in [1.54, 1.807) is 0 Å². The Balaban J connectivity index is 3.11. The number of aromatic nitrogens is 2. The van der Waals surface area contributed by atoms with E-state index in [2.05, 4.69) is 4.98 Å². The normalized spacial score (nSPS) is 11.8. The van der Waals surface area contributed by atoms with Gasteiger partial charge in [-0.2, -0.15) is 8.42 Å². The molecule has 0 amide bonds. The van der Waals surface area contributed by atoms with Gasteiger partial charge in [0.1, 0.15) is 4.90 Å². The van der Waals surface area contributed by atoms with E-state index in [0.29, 0.717) is 0 Å². The molecule has 2 rings (SSSR count). The summed E-state index contributed by atoms with van der Waals surface area (Å²) in [5.74, 6) is 0. The Hall–Kier alpha value is -1.93. The second-order valence-electron chi connectivity index (χ2n) is 3.06. The third kappa shape index (κ3) is 1.64. The predicted molar refractivity (Wildman–Crippen MR) is 55.0 cm³/mol. The van der Waals surface area contributed by atoms with Crippen LogP contribution in [0.3, 0.4) is 0 Å². The maximum atomic E-state index is 11.4. The second-order valence-corrected chi connectivity index (χ2v) is 4.45. The van der Waals surface area contributed by atoms with Gasteiger partial charge >= 0.3 is 5.69 Å². The molecule has 0 radical (unpaired) electrons.